The molecule has 0 unspecified atom stereocenters. The Bertz CT molecular complexity index is 161. The van der Waals surface area contributed by atoms with E-state index >= 15 is 0 Å². The third-order valence-corrected chi connectivity index (χ3v) is 3.08. The number of rotatable bonds is 9. The van der Waals surface area contributed by atoms with Gasteiger partial charge in [-0.25, -0.2) is 0 Å². The van der Waals surface area contributed by atoms with Gasteiger partial charge in [-0.1, -0.05) is 0 Å². The molecular weight excluding hydrogens is 204 g/mol. The van der Waals surface area contributed by atoms with Gasteiger partial charge in [0.25, 0.3) is 0 Å². The standard InChI is InChI=1S/C12H26N2O2/c1-15-9-4-7-14(8-10-16-2)11-12-5-3-6-13-12/h12-13H,3-11H2,1-2H3/t12-/m0/s1. The predicted molar refractivity (Wildman–Crippen MR) is 65.8 cm³/mol. The van der Waals surface area contributed by atoms with Crippen LogP contribution in [0.5, 0.6) is 0 Å². The third-order valence-electron chi connectivity index (χ3n) is 3.08. The average Bonchev–Trinajstić information content (AvgIpc) is 2.78. The van der Waals surface area contributed by atoms with Crippen molar-refractivity contribution in [3.63, 3.8) is 0 Å². The third kappa shape index (κ3) is 5.80. The molecule has 1 atom stereocenters. The van der Waals surface area contributed by atoms with Crippen LogP contribution in [0, 0.1) is 0 Å². The minimum absolute atomic E-state index is 0.680. The Morgan fingerprint density at radius 2 is 2.00 bits per heavy atom. The van der Waals surface area contributed by atoms with Crippen molar-refractivity contribution in [3.05, 3.63) is 0 Å². The second kappa shape index (κ2) is 8.93. The molecule has 4 heteroatoms. The summed E-state index contributed by atoms with van der Waals surface area (Å²) < 4.78 is 10.2. The summed E-state index contributed by atoms with van der Waals surface area (Å²) in [5, 5.41) is 3.54. The first-order valence-electron chi connectivity index (χ1n) is 6.30. The summed E-state index contributed by atoms with van der Waals surface area (Å²) in [4.78, 5) is 2.48. The van der Waals surface area contributed by atoms with Crippen LogP contribution in [0.1, 0.15) is 19.3 Å². The first kappa shape index (κ1) is 13.9. The van der Waals surface area contributed by atoms with Crippen molar-refractivity contribution in [3.8, 4) is 0 Å². The number of nitrogens with one attached hydrogen (secondary N) is 1. The Labute approximate surface area is 99.3 Å². The van der Waals surface area contributed by atoms with Crippen molar-refractivity contribution in [2.24, 2.45) is 0 Å². The van der Waals surface area contributed by atoms with Crippen LogP contribution in [0.2, 0.25) is 0 Å². The Morgan fingerprint density at radius 3 is 2.62 bits per heavy atom. The minimum atomic E-state index is 0.680. The van der Waals surface area contributed by atoms with Crippen LogP contribution in [-0.4, -0.2) is 64.6 Å². The molecule has 0 aliphatic carbocycles. The molecule has 0 aromatic carbocycles. The lowest BCUT2D eigenvalue weighted by Gasteiger charge is -2.25. The molecule has 1 aliphatic rings. The maximum atomic E-state index is 5.15. The maximum absolute atomic E-state index is 5.15. The van der Waals surface area contributed by atoms with E-state index in [-0.39, 0.29) is 0 Å². The van der Waals surface area contributed by atoms with Gasteiger partial charge in [0.15, 0.2) is 0 Å². The van der Waals surface area contributed by atoms with E-state index in [1.165, 1.54) is 19.4 Å². The fourth-order valence-electron chi connectivity index (χ4n) is 2.17. The molecule has 1 fully saturated rings. The largest absolute Gasteiger partial charge is 0.385 e. The Kier molecular flexibility index (Phi) is 7.76. The van der Waals surface area contributed by atoms with Crippen molar-refractivity contribution in [1.82, 2.24) is 10.2 Å². The monoisotopic (exact) mass is 230 g/mol. The summed E-state index contributed by atoms with van der Waals surface area (Å²) in [5.41, 5.74) is 0. The van der Waals surface area contributed by atoms with Crippen LogP contribution >= 0.6 is 0 Å². The van der Waals surface area contributed by atoms with Crippen LogP contribution in [-0.2, 0) is 9.47 Å². The highest BCUT2D eigenvalue weighted by Gasteiger charge is 2.17. The Hall–Kier alpha value is -0.160. The average molecular weight is 230 g/mol. The van der Waals surface area contributed by atoms with E-state index in [9.17, 15) is 0 Å². The molecule has 0 radical (unpaired) electrons. The van der Waals surface area contributed by atoms with Crippen LogP contribution < -0.4 is 5.32 Å². The van der Waals surface area contributed by atoms with Gasteiger partial charge in [-0.15, -0.1) is 0 Å². The van der Waals surface area contributed by atoms with Crippen LogP contribution in [0.25, 0.3) is 0 Å². The molecule has 1 N–H and O–H groups in total. The molecule has 1 saturated heterocycles. The molecular formula is C12H26N2O2. The molecule has 1 aliphatic heterocycles. The van der Waals surface area contributed by atoms with E-state index in [0.717, 1.165) is 39.3 Å². The molecule has 16 heavy (non-hydrogen) atoms. The lowest BCUT2D eigenvalue weighted by Crippen LogP contribution is -2.39. The first-order valence-corrected chi connectivity index (χ1v) is 6.30. The summed E-state index contributed by atoms with van der Waals surface area (Å²) in [6.45, 7) is 6.13. The normalized spacial score (nSPS) is 20.8. The van der Waals surface area contributed by atoms with Crippen molar-refractivity contribution >= 4 is 0 Å². The molecule has 0 amide bonds. The van der Waals surface area contributed by atoms with Gasteiger partial charge >= 0.3 is 0 Å². The highest BCUT2D eigenvalue weighted by molar-refractivity contribution is 4.77. The SMILES string of the molecule is COCCCN(CCOC)C[C@@H]1CCCN1. The predicted octanol–water partition coefficient (Wildman–Crippen LogP) is 0.723. The van der Waals surface area contributed by atoms with Gasteiger partial charge < -0.3 is 14.8 Å². The first-order chi connectivity index (χ1) is 7.86. The quantitative estimate of drug-likeness (QED) is 0.592. The van der Waals surface area contributed by atoms with Gasteiger partial charge in [0.1, 0.15) is 0 Å². The summed E-state index contributed by atoms with van der Waals surface area (Å²) in [6, 6.07) is 0.680. The number of hydrogen-bond donors (Lipinski definition) is 1. The van der Waals surface area contributed by atoms with Gasteiger partial charge in [-0.2, -0.15) is 0 Å². The van der Waals surface area contributed by atoms with E-state index < -0.39 is 0 Å². The van der Waals surface area contributed by atoms with Gasteiger partial charge in [-0.3, -0.25) is 4.90 Å². The molecule has 0 aromatic rings. The minimum Gasteiger partial charge on any atom is -0.385 e. The highest BCUT2D eigenvalue weighted by Crippen LogP contribution is 2.07. The molecule has 0 saturated carbocycles. The molecule has 0 bridgehead atoms. The summed E-state index contributed by atoms with van der Waals surface area (Å²) in [6.07, 6.45) is 3.74. The topological polar surface area (TPSA) is 33.7 Å². The summed E-state index contributed by atoms with van der Waals surface area (Å²) in [7, 11) is 3.53. The second-order valence-corrected chi connectivity index (χ2v) is 4.43. The number of hydrogen-bond acceptors (Lipinski definition) is 4. The van der Waals surface area contributed by atoms with Gasteiger partial charge in [0.05, 0.1) is 6.61 Å². The van der Waals surface area contributed by atoms with E-state index in [0.29, 0.717) is 6.04 Å². The van der Waals surface area contributed by atoms with Crippen molar-refractivity contribution in [2.75, 3.05) is 53.6 Å². The zero-order valence-corrected chi connectivity index (χ0v) is 10.7. The van der Waals surface area contributed by atoms with Crippen molar-refractivity contribution in [1.29, 1.82) is 0 Å². The molecule has 1 rings (SSSR count). The van der Waals surface area contributed by atoms with Crippen LogP contribution in [0.3, 0.4) is 0 Å². The summed E-state index contributed by atoms with van der Waals surface area (Å²) in [5.74, 6) is 0. The fraction of sp³-hybridized carbons (Fsp3) is 1.00. The van der Waals surface area contributed by atoms with E-state index in [1.807, 2.05) is 0 Å². The van der Waals surface area contributed by atoms with Crippen LogP contribution in [0.15, 0.2) is 0 Å². The van der Waals surface area contributed by atoms with E-state index in [4.69, 9.17) is 9.47 Å². The number of nitrogens with zero attached hydrogens (tertiary/aromatic N) is 1. The Morgan fingerprint density at radius 1 is 1.19 bits per heavy atom. The highest BCUT2D eigenvalue weighted by atomic mass is 16.5. The molecule has 0 spiro atoms. The van der Waals surface area contributed by atoms with Crippen molar-refractivity contribution < 1.29 is 9.47 Å². The second-order valence-electron chi connectivity index (χ2n) is 4.43. The Balaban J connectivity index is 2.18. The lowest BCUT2D eigenvalue weighted by molar-refractivity contribution is 0.127. The van der Waals surface area contributed by atoms with E-state index in [1.54, 1.807) is 14.2 Å². The lowest BCUT2D eigenvalue weighted by atomic mass is 10.2. The zero-order valence-electron chi connectivity index (χ0n) is 10.7. The van der Waals surface area contributed by atoms with Gasteiger partial charge in [0.2, 0.25) is 0 Å². The van der Waals surface area contributed by atoms with Gasteiger partial charge in [-0.05, 0) is 25.8 Å². The molecule has 4 nitrogen and oxygen atoms in total. The maximum Gasteiger partial charge on any atom is 0.0589 e. The van der Waals surface area contributed by atoms with Crippen molar-refractivity contribution in [2.45, 2.75) is 25.3 Å². The zero-order chi connectivity index (χ0) is 11.6. The number of ether oxygens (including phenoxy) is 2. The smallest absolute Gasteiger partial charge is 0.0589 e. The van der Waals surface area contributed by atoms with Crippen LogP contribution in [0.4, 0.5) is 0 Å². The van der Waals surface area contributed by atoms with E-state index in [2.05, 4.69) is 10.2 Å². The summed E-state index contributed by atoms with van der Waals surface area (Å²) >= 11 is 0. The van der Waals surface area contributed by atoms with Gasteiger partial charge in [0, 0.05) is 46.5 Å². The molecule has 1 heterocycles. The molecule has 96 valence electrons. The fourth-order valence-corrected chi connectivity index (χ4v) is 2.17. The molecule has 0 aromatic heterocycles. The number of methoxy groups -OCH3 is 2.